The summed E-state index contributed by atoms with van der Waals surface area (Å²) < 4.78 is 0. The molecule has 6 heteroatoms. The molecule has 0 saturated carbocycles. The third-order valence-corrected chi connectivity index (χ3v) is 4.37. The molecule has 1 fully saturated rings. The molecule has 5 nitrogen and oxygen atoms in total. The largest absolute Gasteiger partial charge is 0.368 e. The lowest BCUT2D eigenvalue weighted by atomic mass is 10.1. The highest BCUT2D eigenvalue weighted by Crippen LogP contribution is 2.13. The Morgan fingerprint density at radius 3 is 2.67 bits per heavy atom. The minimum absolute atomic E-state index is 0.0207. The van der Waals surface area contributed by atoms with Crippen LogP contribution >= 0.6 is 11.6 Å². The highest BCUT2D eigenvalue weighted by Gasteiger charge is 2.19. The molecule has 1 aliphatic rings. The predicted octanol–water partition coefficient (Wildman–Crippen LogP) is 3.41. The van der Waals surface area contributed by atoms with Crippen LogP contribution < -0.4 is 5.32 Å². The maximum atomic E-state index is 12.3. The number of aromatic nitrogens is 2. The number of amides is 1. The van der Waals surface area contributed by atoms with E-state index in [4.69, 9.17) is 11.6 Å². The molecule has 1 amide bonds. The van der Waals surface area contributed by atoms with E-state index in [-0.39, 0.29) is 5.91 Å². The summed E-state index contributed by atoms with van der Waals surface area (Å²) in [4.78, 5) is 14.2. The van der Waals surface area contributed by atoms with Crippen molar-refractivity contribution in [3.05, 3.63) is 52.7 Å². The van der Waals surface area contributed by atoms with Crippen molar-refractivity contribution < 1.29 is 4.79 Å². The molecule has 0 aliphatic carbocycles. The molecule has 2 heterocycles. The molecular formula is C18H21ClN4O. The molecule has 24 heavy (non-hydrogen) atoms. The SMILES string of the molecule is O=C(c1ccc(NCCc2cccc(Cl)c2)nn1)N1CCCCC1. The van der Waals surface area contributed by atoms with Gasteiger partial charge >= 0.3 is 0 Å². The van der Waals surface area contributed by atoms with Crippen LogP contribution in [0.15, 0.2) is 36.4 Å². The molecule has 0 radical (unpaired) electrons. The number of likely N-dealkylation sites (tertiary alicyclic amines) is 1. The van der Waals surface area contributed by atoms with Gasteiger partial charge in [-0.15, -0.1) is 10.2 Å². The monoisotopic (exact) mass is 344 g/mol. The van der Waals surface area contributed by atoms with Crippen molar-refractivity contribution in [1.29, 1.82) is 0 Å². The Bertz CT molecular complexity index is 684. The summed E-state index contributed by atoms with van der Waals surface area (Å²) in [6.45, 7) is 2.37. The zero-order chi connectivity index (χ0) is 16.8. The summed E-state index contributed by atoms with van der Waals surface area (Å²) in [5.41, 5.74) is 1.58. The van der Waals surface area contributed by atoms with Gasteiger partial charge < -0.3 is 10.2 Å². The van der Waals surface area contributed by atoms with Crippen LogP contribution in [0.25, 0.3) is 0 Å². The molecule has 126 valence electrons. The summed E-state index contributed by atoms with van der Waals surface area (Å²) in [6.07, 6.45) is 4.19. The van der Waals surface area contributed by atoms with Crippen LogP contribution in [0.2, 0.25) is 5.02 Å². The van der Waals surface area contributed by atoms with E-state index in [0.29, 0.717) is 11.5 Å². The lowest BCUT2D eigenvalue weighted by Gasteiger charge is -2.26. The minimum atomic E-state index is -0.0207. The van der Waals surface area contributed by atoms with Crippen LogP contribution in [0.4, 0.5) is 5.82 Å². The van der Waals surface area contributed by atoms with Crippen LogP contribution in [0.3, 0.4) is 0 Å². The number of carbonyl (C=O) groups is 1. The van der Waals surface area contributed by atoms with E-state index in [9.17, 15) is 4.79 Å². The van der Waals surface area contributed by atoms with Gasteiger partial charge in [0.1, 0.15) is 5.82 Å². The number of piperidine rings is 1. The Hall–Kier alpha value is -2.14. The van der Waals surface area contributed by atoms with E-state index in [1.807, 2.05) is 35.2 Å². The second-order valence-electron chi connectivity index (χ2n) is 5.96. The third kappa shape index (κ3) is 4.45. The number of hydrogen-bond acceptors (Lipinski definition) is 4. The van der Waals surface area contributed by atoms with Crippen molar-refractivity contribution in [2.24, 2.45) is 0 Å². The van der Waals surface area contributed by atoms with Gasteiger partial charge in [-0.3, -0.25) is 4.79 Å². The number of nitrogens with zero attached hydrogens (tertiary/aromatic N) is 3. The van der Waals surface area contributed by atoms with Crippen LogP contribution in [0.5, 0.6) is 0 Å². The van der Waals surface area contributed by atoms with Crippen LogP contribution in [0, 0.1) is 0 Å². The first kappa shape index (κ1) is 16.7. The highest BCUT2D eigenvalue weighted by molar-refractivity contribution is 6.30. The van der Waals surface area contributed by atoms with E-state index in [1.165, 1.54) is 12.0 Å². The van der Waals surface area contributed by atoms with Crippen molar-refractivity contribution in [2.45, 2.75) is 25.7 Å². The molecule has 0 spiro atoms. The normalized spacial score (nSPS) is 14.5. The van der Waals surface area contributed by atoms with Crippen LogP contribution in [-0.2, 0) is 6.42 Å². The van der Waals surface area contributed by atoms with Crippen LogP contribution in [0.1, 0.15) is 35.3 Å². The molecule has 1 saturated heterocycles. The smallest absolute Gasteiger partial charge is 0.274 e. The zero-order valence-electron chi connectivity index (χ0n) is 13.5. The highest BCUT2D eigenvalue weighted by atomic mass is 35.5. The second kappa shape index (κ2) is 8.11. The van der Waals surface area contributed by atoms with Crippen molar-refractivity contribution in [3.8, 4) is 0 Å². The quantitative estimate of drug-likeness (QED) is 0.903. The maximum Gasteiger partial charge on any atom is 0.274 e. The fraction of sp³-hybridized carbons (Fsp3) is 0.389. The van der Waals surface area contributed by atoms with E-state index in [2.05, 4.69) is 15.5 Å². The van der Waals surface area contributed by atoms with Gasteiger partial charge in [-0.05, 0) is 55.5 Å². The number of halogens is 1. The minimum Gasteiger partial charge on any atom is -0.368 e. The zero-order valence-corrected chi connectivity index (χ0v) is 14.3. The number of benzene rings is 1. The van der Waals surface area contributed by atoms with Gasteiger partial charge in [-0.2, -0.15) is 0 Å². The average Bonchev–Trinajstić information content (AvgIpc) is 2.63. The Morgan fingerprint density at radius 2 is 1.96 bits per heavy atom. The van der Waals surface area contributed by atoms with Gasteiger partial charge in [0, 0.05) is 24.7 Å². The fourth-order valence-corrected chi connectivity index (χ4v) is 3.04. The summed E-state index contributed by atoms with van der Waals surface area (Å²) in [6, 6.07) is 11.4. The molecule has 1 aromatic heterocycles. The molecule has 1 aliphatic heterocycles. The Kier molecular flexibility index (Phi) is 5.64. The number of carbonyl (C=O) groups excluding carboxylic acids is 1. The molecule has 0 unspecified atom stereocenters. The number of rotatable bonds is 5. The van der Waals surface area contributed by atoms with Crippen molar-refractivity contribution >= 4 is 23.3 Å². The molecule has 0 atom stereocenters. The maximum absolute atomic E-state index is 12.3. The molecule has 3 rings (SSSR count). The summed E-state index contributed by atoms with van der Waals surface area (Å²) >= 11 is 5.97. The number of anilines is 1. The van der Waals surface area contributed by atoms with Gasteiger partial charge in [0.2, 0.25) is 0 Å². The van der Waals surface area contributed by atoms with E-state index >= 15 is 0 Å². The number of hydrogen-bond donors (Lipinski definition) is 1. The predicted molar refractivity (Wildman–Crippen MR) is 95.4 cm³/mol. The molecule has 2 aromatic rings. The Balaban J connectivity index is 1.51. The summed E-state index contributed by atoms with van der Waals surface area (Å²) in [5, 5.41) is 12.1. The van der Waals surface area contributed by atoms with E-state index in [0.717, 1.165) is 43.9 Å². The molecule has 0 bridgehead atoms. The summed E-state index contributed by atoms with van der Waals surface area (Å²) in [5.74, 6) is 0.653. The van der Waals surface area contributed by atoms with Gasteiger partial charge in [0.15, 0.2) is 5.69 Å². The topological polar surface area (TPSA) is 58.1 Å². The van der Waals surface area contributed by atoms with E-state index in [1.54, 1.807) is 6.07 Å². The van der Waals surface area contributed by atoms with E-state index < -0.39 is 0 Å². The molecular weight excluding hydrogens is 324 g/mol. The molecule has 1 aromatic carbocycles. The molecule has 1 N–H and O–H groups in total. The standard InChI is InChI=1S/C18H21ClN4O/c19-15-6-4-5-14(13-15)9-10-20-17-8-7-16(21-22-17)18(24)23-11-2-1-3-12-23/h4-8,13H,1-3,9-12H2,(H,20,22). The number of nitrogens with one attached hydrogen (secondary N) is 1. The Morgan fingerprint density at radius 1 is 1.12 bits per heavy atom. The van der Waals surface area contributed by atoms with Gasteiger partial charge in [-0.25, -0.2) is 0 Å². The second-order valence-corrected chi connectivity index (χ2v) is 6.40. The van der Waals surface area contributed by atoms with Gasteiger partial charge in [-0.1, -0.05) is 23.7 Å². The lowest BCUT2D eigenvalue weighted by molar-refractivity contribution is 0.0717. The first-order valence-corrected chi connectivity index (χ1v) is 8.71. The van der Waals surface area contributed by atoms with Crippen molar-refractivity contribution in [2.75, 3.05) is 25.0 Å². The third-order valence-electron chi connectivity index (χ3n) is 4.14. The first-order chi connectivity index (χ1) is 11.7. The average molecular weight is 345 g/mol. The van der Waals surface area contributed by atoms with Gasteiger partial charge in [0.05, 0.1) is 0 Å². The summed E-state index contributed by atoms with van der Waals surface area (Å²) in [7, 11) is 0. The van der Waals surface area contributed by atoms with Crippen molar-refractivity contribution in [1.82, 2.24) is 15.1 Å². The Labute approximate surface area is 147 Å². The van der Waals surface area contributed by atoms with Gasteiger partial charge in [0.25, 0.3) is 5.91 Å². The first-order valence-electron chi connectivity index (χ1n) is 8.34. The lowest BCUT2D eigenvalue weighted by Crippen LogP contribution is -2.36. The van der Waals surface area contributed by atoms with Crippen molar-refractivity contribution in [3.63, 3.8) is 0 Å². The van der Waals surface area contributed by atoms with Crippen LogP contribution in [-0.4, -0.2) is 40.6 Å². The fourth-order valence-electron chi connectivity index (χ4n) is 2.83.